The number of para-hydroxylation sites is 1. The normalized spacial score (nSPS) is 12.1. The Kier molecular flexibility index (Phi) is 7.99. The summed E-state index contributed by atoms with van der Waals surface area (Å²) >= 11 is 0. The minimum Gasteiger partial charge on any atom is -0.496 e. The molecule has 1 amide bonds. The summed E-state index contributed by atoms with van der Waals surface area (Å²) in [6, 6.07) is 19.3. The molecule has 3 aromatic carbocycles. The van der Waals surface area contributed by atoms with Crippen molar-refractivity contribution in [2.45, 2.75) is 45.1 Å². The summed E-state index contributed by atoms with van der Waals surface area (Å²) in [7, 11) is -2.33. The zero-order valence-electron chi connectivity index (χ0n) is 20.3. The SMILES string of the molecule is CCC(NC(=O)CN(c1ccccc1C)S(=O)(=O)c1ccc(C)cc1)c1ccc(OC)c(C)c1. The van der Waals surface area contributed by atoms with E-state index < -0.39 is 10.0 Å². The molecule has 1 atom stereocenters. The van der Waals surface area contributed by atoms with Gasteiger partial charge in [-0.2, -0.15) is 0 Å². The molecule has 0 aliphatic rings. The molecule has 6 nitrogen and oxygen atoms in total. The number of anilines is 1. The Labute approximate surface area is 202 Å². The molecule has 0 fully saturated rings. The van der Waals surface area contributed by atoms with Crippen LogP contribution < -0.4 is 14.4 Å². The van der Waals surface area contributed by atoms with Crippen molar-refractivity contribution in [2.75, 3.05) is 18.0 Å². The highest BCUT2D eigenvalue weighted by atomic mass is 32.2. The predicted molar refractivity (Wildman–Crippen MR) is 136 cm³/mol. The molecule has 0 radical (unpaired) electrons. The number of hydrogen-bond donors (Lipinski definition) is 1. The van der Waals surface area contributed by atoms with Crippen LogP contribution in [0.1, 0.15) is 41.6 Å². The number of nitrogens with one attached hydrogen (secondary N) is 1. The maximum absolute atomic E-state index is 13.6. The topological polar surface area (TPSA) is 75.7 Å². The number of sulfonamides is 1. The highest BCUT2D eigenvalue weighted by molar-refractivity contribution is 7.92. The molecule has 34 heavy (non-hydrogen) atoms. The number of hydrogen-bond acceptors (Lipinski definition) is 4. The van der Waals surface area contributed by atoms with E-state index in [0.717, 1.165) is 28.0 Å². The van der Waals surface area contributed by atoms with Gasteiger partial charge in [0, 0.05) is 0 Å². The molecule has 1 unspecified atom stereocenters. The second kappa shape index (κ2) is 10.7. The molecule has 0 saturated carbocycles. The fourth-order valence-corrected chi connectivity index (χ4v) is 5.38. The molecule has 0 aliphatic heterocycles. The lowest BCUT2D eigenvalue weighted by Gasteiger charge is -2.27. The van der Waals surface area contributed by atoms with Gasteiger partial charge in [0.25, 0.3) is 10.0 Å². The van der Waals surface area contributed by atoms with E-state index in [9.17, 15) is 13.2 Å². The van der Waals surface area contributed by atoms with E-state index in [1.807, 2.05) is 58.0 Å². The highest BCUT2D eigenvalue weighted by Crippen LogP contribution is 2.28. The Morgan fingerprint density at radius 2 is 1.65 bits per heavy atom. The van der Waals surface area contributed by atoms with E-state index in [4.69, 9.17) is 4.74 Å². The number of benzene rings is 3. The van der Waals surface area contributed by atoms with Crippen molar-refractivity contribution >= 4 is 21.6 Å². The predicted octanol–water partition coefficient (Wildman–Crippen LogP) is 5.08. The van der Waals surface area contributed by atoms with Crippen molar-refractivity contribution < 1.29 is 17.9 Å². The van der Waals surface area contributed by atoms with Crippen molar-refractivity contribution in [3.63, 3.8) is 0 Å². The maximum Gasteiger partial charge on any atom is 0.264 e. The largest absolute Gasteiger partial charge is 0.496 e. The fourth-order valence-electron chi connectivity index (χ4n) is 3.89. The summed E-state index contributed by atoms with van der Waals surface area (Å²) in [5.74, 6) is 0.402. The average molecular weight is 481 g/mol. The number of rotatable bonds is 9. The van der Waals surface area contributed by atoms with Crippen LogP contribution in [0.5, 0.6) is 5.75 Å². The second-order valence-corrected chi connectivity index (χ2v) is 10.2. The third kappa shape index (κ3) is 5.59. The van der Waals surface area contributed by atoms with Gasteiger partial charge in [0.05, 0.1) is 23.7 Å². The van der Waals surface area contributed by atoms with Crippen LogP contribution in [0.3, 0.4) is 0 Å². The molecule has 0 saturated heterocycles. The smallest absolute Gasteiger partial charge is 0.264 e. The first-order chi connectivity index (χ1) is 16.2. The van der Waals surface area contributed by atoms with E-state index >= 15 is 0 Å². The number of amides is 1. The number of methoxy groups -OCH3 is 1. The molecule has 7 heteroatoms. The van der Waals surface area contributed by atoms with Gasteiger partial charge < -0.3 is 10.1 Å². The molecule has 3 aromatic rings. The number of carbonyl (C=O) groups is 1. The van der Waals surface area contributed by atoms with Crippen LogP contribution in [0, 0.1) is 20.8 Å². The Morgan fingerprint density at radius 3 is 2.24 bits per heavy atom. The Balaban J connectivity index is 1.91. The molecule has 0 bridgehead atoms. The van der Waals surface area contributed by atoms with Crippen LogP contribution in [0.25, 0.3) is 0 Å². The van der Waals surface area contributed by atoms with Crippen LogP contribution in [-0.2, 0) is 14.8 Å². The maximum atomic E-state index is 13.6. The van der Waals surface area contributed by atoms with E-state index in [2.05, 4.69) is 5.32 Å². The fraction of sp³-hybridized carbons (Fsp3) is 0.296. The third-order valence-corrected chi connectivity index (χ3v) is 7.62. The highest BCUT2D eigenvalue weighted by Gasteiger charge is 2.29. The van der Waals surface area contributed by atoms with Gasteiger partial charge in [0.15, 0.2) is 0 Å². The summed E-state index contributed by atoms with van der Waals surface area (Å²) in [5.41, 5.74) is 4.12. The van der Waals surface area contributed by atoms with Crippen molar-refractivity contribution in [3.05, 3.63) is 89.0 Å². The Bertz CT molecular complexity index is 1250. The molecule has 0 heterocycles. The van der Waals surface area contributed by atoms with Gasteiger partial charge in [-0.1, -0.05) is 55.0 Å². The lowest BCUT2D eigenvalue weighted by molar-refractivity contribution is -0.120. The van der Waals surface area contributed by atoms with Crippen molar-refractivity contribution in [2.24, 2.45) is 0 Å². The molecule has 0 aromatic heterocycles. The minimum atomic E-state index is -3.96. The number of ether oxygens (including phenoxy) is 1. The zero-order chi connectivity index (χ0) is 24.9. The van der Waals surface area contributed by atoms with Crippen molar-refractivity contribution in [1.82, 2.24) is 5.32 Å². The van der Waals surface area contributed by atoms with Crippen LogP contribution in [-0.4, -0.2) is 28.0 Å². The standard InChI is InChI=1S/C27H32N2O4S/c1-6-24(22-13-16-26(33-5)21(4)17-22)28-27(30)18-29(25-10-8-7-9-20(25)3)34(31,32)23-14-11-19(2)12-15-23/h7-17,24H,6,18H2,1-5H3,(H,28,30). The Morgan fingerprint density at radius 1 is 0.971 bits per heavy atom. The Hall–Kier alpha value is -3.32. The number of aryl methyl sites for hydroxylation is 3. The molecule has 180 valence electrons. The lowest BCUT2D eigenvalue weighted by atomic mass is 10.0. The van der Waals surface area contributed by atoms with Crippen LogP contribution >= 0.6 is 0 Å². The van der Waals surface area contributed by atoms with E-state index in [-0.39, 0.29) is 23.4 Å². The van der Waals surface area contributed by atoms with Crippen LogP contribution in [0.2, 0.25) is 0 Å². The second-order valence-electron chi connectivity index (χ2n) is 8.37. The van der Waals surface area contributed by atoms with Gasteiger partial charge in [0.2, 0.25) is 5.91 Å². The first-order valence-electron chi connectivity index (χ1n) is 11.3. The van der Waals surface area contributed by atoms with E-state index in [1.54, 1.807) is 43.5 Å². The summed E-state index contributed by atoms with van der Waals surface area (Å²) in [6.45, 7) is 7.33. The number of nitrogens with zero attached hydrogens (tertiary/aromatic N) is 1. The number of carbonyl (C=O) groups excluding carboxylic acids is 1. The van der Waals surface area contributed by atoms with Gasteiger partial charge in [-0.05, 0) is 68.1 Å². The molecule has 0 spiro atoms. The first kappa shape index (κ1) is 25.3. The van der Waals surface area contributed by atoms with Crippen molar-refractivity contribution in [3.8, 4) is 5.75 Å². The van der Waals surface area contributed by atoms with Crippen LogP contribution in [0.4, 0.5) is 5.69 Å². The summed E-state index contributed by atoms with van der Waals surface area (Å²) < 4.78 is 33.7. The monoisotopic (exact) mass is 480 g/mol. The average Bonchev–Trinajstić information content (AvgIpc) is 2.81. The van der Waals surface area contributed by atoms with E-state index in [1.165, 1.54) is 4.31 Å². The van der Waals surface area contributed by atoms with E-state index in [0.29, 0.717) is 12.1 Å². The van der Waals surface area contributed by atoms with Crippen LogP contribution in [0.15, 0.2) is 71.6 Å². The quantitative estimate of drug-likeness (QED) is 0.463. The van der Waals surface area contributed by atoms with Gasteiger partial charge in [-0.15, -0.1) is 0 Å². The molecule has 0 aliphatic carbocycles. The lowest BCUT2D eigenvalue weighted by Crippen LogP contribution is -2.42. The van der Waals surface area contributed by atoms with Gasteiger partial charge in [-0.3, -0.25) is 9.10 Å². The third-order valence-electron chi connectivity index (χ3n) is 5.85. The summed E-state index contributed by atoms with van der Waals surface area (Å²) in [6.07, 6.45) is 0.659. The first-order valence-corrected chi connectivity index (χ1v) is 12.7. The molecule has 1 N–H and O–H groups in total. The molecular formula is C27H32N2O4S. The molecule has 3 rings (SSSR count). The molecular weight excluding hydrogens is 448 g/mol. The van der Waals surface area contributed by atoms with Gasteiger partial charge in [-0.25, -0.2) is 8.42 Å². The summed E-state index contributed by atoms with van der Waals surface area (Å²) in [5, 5.41) is 3.01. The van der Waals surface area contributed by atoms with Gasteiger partial charge >= 0.3 is 0 Å². The minimum absolute atomic E-state index is 0.145. The zero-order valence-corrected chi connectivity index (χ0v) is 21.1. The van der Waals surface area contributed by atoms with Gasteiger partial charge in [0.1, 0.15) is 12.3 Å². The summed E-state index contributed by atoms with van der Waals surface area (Å²) in [4.78, 5) is 13.3. The van der Waals surface area contributed by atoms with Crippen molar-refractivity contribution in [1.29, 1.82) is 0 Å².